The van der Waals surface area contributed by atoms with Crippen LogP contribution in [0.2, 0.25) is 0 Å². The highest BCUT2D eigenvalue weighted by molar-refractivity contribution is 4.96. The van der Waals surface area contributed by atoms with E-state index < -0.39 is 0 Å². The van der Waals surface area contributed by atoms with E-state index >= 15 is 0 Å². The Balaban J connectivity index is 1.36. The number of rotatable bonds is 5. The molecule has 3 saturated heterocycles. The highest BCUT2D eigenvalue weighted by Gasteiger charge is 2.38. The van der Waals surface area contributed by atoms with Crippen LogP contribution in [0.4, 0.5) is 0 Å². The molecular formula is C17H33N3. The van der Waals surface area contributed by atoms with Crippen molar-refractivity contribution in [3.05, 3.63) is 0 Å². The van der Waals surface area contributed by atoms with Gasteiger partial charge < -0.3 is 15.1 Å². The van der Waals surface area contributed by atoms with Gasteiger partial charge in [-0.15, -0.1) is 0 Å². The number of likely N-dealkylation sites (tertiary alicyclic amines) is 1. The van der Waals surface area contributed by atoms with E-state index in [4.69, 9.17) is 0 Å². The van der Waals surface area contributed by atoms with Gasteiger partial charge in [0.15, 0.2) is 0 Å². The molecular weight excluding hydrogens is 246 g/mol. The summed E-state index contributed by atoms with van der Waals surface area (Å²) in [5, 5.41) is 3.88. The SMILES string of the molecule is CC(CNC1CC2CCC(C1)N2C)CN1CCCCC1. The number of nitrogens with zero attached hydrogens (tertiary/aromatic N) is 2. The van der Waals surface area contributed by atoms with Gasteiger partial charge in [-0.25, -0.2) is 0 Å². The molecule has 0 aliphatic carbocycles. The molecule has 3 aliphatic heterocycles. The summed E-state index contributed by atoms with van der Waals surface area (Å²) in [6, 6.07) is 2.51. The summed E-state index contributed by atoms with van der Waals surface area (Å²) in [4.78, 5) is 5.31. The average Bonchev–Trinajstić information content (AvgIpc) is 2.68. The van der Waals surface area contributed by atoms with Crippen LogP contribution in [0, 0.1) is 5.92 Å². The number of hydrogen-bond acceptors (Lipinski definition) is 3. The van der Waals surface area contributed by atoms with Crippen molar-refractivity contribution >= 4 is 0 Å². The molecule has 0 spiro atoms. The summed E-state index contributed by atoms with van der Waals surface area (Å²) in [6.07, 6.45) is 9.90. The van der Waals surface area contributed by atoms with Crippen molar-refractivity contribution in [3.8, 4) is 0 Å². The third-order valence-electron chi connectivity index (χ3n) is 5.87. The predicted molar refractivity (Wildman–Crippen MR) is 85.1 cm³/mol. The summed E-state index contributed by atoms with van der Waals surface area (Å²) in [5.41, 5.74) is 0. The fourth-order valence-corrected chi connectivity index (χ4v) is 4.59. The van der Waals surface area contributed by atoms with Crippen LogP contribution in [0.1, 0.15) is 51.9 Å². The lowest BCUT2D eigenvalue weighted by atomic mass is 9.97. The van der Waals surface area contributed by atoms with Crippen molar-refractivity contribution in [2.45, 2.75) is 70.0 Å². The monoisotopic (exact) mass is 279 g/mol. The molecule has 3 unspecified atom stereocenters. The predicted octanol–water partition coefficient (Wildman–Crippen LogP) is 2.32. The van der Waals surface area contributed by atoms with Crippen LogP contribution in [0.5, 0.6) is 0 Å². The topological polar surface area (TPSA) is 18.5 Å². The van der Waals surface area contributed by atoms with Gasteiger partial charge in [0.2, 0.25) is 0 Å². The molecule has 3 atom stereocenters. The normalized spacial score (nSPS) is 37.2. The minimum atomic E-state index is 0.785. The first-order valence-corrected chi connectivity index (χ1v) is 8.90. The zero-order chi connectivity index (χ0) is 13.9. The molecule has 2 bridgehead atoms. The minimum Gasteiger partial charge on any atom is -0.314 e. The highest BCUT2D eigenvalue weighted by Crippen LogP contribution is 2.34. The number of fused-ring (bicyclic) bond motifs is 2. The first-order chi connectivity index (χ1) is 9.72. The van der Waals surface area contributed by atoms with Crippen LogP contribution in [0.15, 0.2) is 0 Å². The Morgan fingerprint density at radius 1 is 1.05 bits per heavy atom. The second kappa shape index (κ2) is 6.76. The van der Waals surface area contributed by atoms with Gasteiger partial charge in [0, 0.05) is 24.7 Å². The fraction of sp³-hybridized carbons (Fsp3) is 1.00. The maximum Gasteiger partial charge on any atom is 0.0111 e. The van der Waals surface area contributed by atoms with E-state index in [1.54, 1.807) is 0 Å². The zero-order valence-electron chi connectivity index (χ0n) is 13.5. The quantitative estimate of drug-likeness (QED) is 0.833. The van der Waals surface area contributed by atoms with Gasteiger partial charge in [0.05, 0.1) is 0 Å². The molecule has 0 aromatic carbocycles. The highest BCUT2D eigenvalue weighted by atomic mass is 15.2. The Hall–Kier alpha value is -0.120. The molecule has 3 heterocycles. The zero-order valence-corrected chi connectivity index (χ0v) is 13.5. The van der Waals surface area contributed by atoms with Crippen LogP contribution in [0.3, 0.4) is 0 Å². The van der Waals surface area contributed by atoms with Gasteiger partial charge in [-0.05, 0) is 71.1 Å². The van der Waals surface area contributed by atoms with Crippen LogP contribution in [0.25, 0.3) is 0 Å². The Bertz CT molecular complexity index is 287. The summed E-state index contributed by atoms with van der Waals surface area (Å²) in [7, 11) is 2.33. The van der Waals surface area contributed by atoms with E-state index in [-0.39, 0.29) is 0 Å². The lowest BCUT2D eigenvalue weighted by Gasteiger charge is -2.37. The van der Waals surface area contributed by atoms with E-state index in [9.17, 15) is 0 Å². The van der Waals surface area contributed by atoms with Crippen LogP contribution in [-0.4, -0.2) is 61.2 Å². The molecule has 3 nitrogen and oxygen atoms in total. The molecule has 116 valence electrons. The maximum atomic E-state index is 3.88. The molecule has 0 aromatic rings. The number of piperidine rings is 2. The molecule has 20 heavy (non-hydrogen) atoms. The Morgan fingerprint density at radius 3 is 2.35 bits per heavy atom. The Labute approximate surface area is 125 Å². The third kappa shape index (κ3) is 3.55. The summed E-state index contributed by atoms with van der Waals surface area (Å²) in [5.74, 6) is 0.797. The van der Waals surface area contributed by atoms with Crippen molar-refractivity contribution < 1.29 is 0 Å². The van der Waals surface area contributed by atoms with E-state index in [2.05, 4.69) is 29.1 Å². The molecule has 3 heteroatoms. The second-order valence-electron chi connectivity index (χ2n) is 7.59. The standard InChI is InChI=1S/C17H33N3/c1-14(13-20-8-4-3-5-9-20)12-18-15-10-16-6-7-17(11-15)19(16)2/h14-18H,3-13H2,1-2H3. The molecule has 0 amide bonds. The van der Waals surface area contributed by atoms with Crippen molar-refractivity contribution in [1.29, 1.82) is 0 Å². The van der Waals surface area contributed by atoms with Crippen molar-refractivity contribution in [3.63, 3.8) is 0 Å². The van der Waals surface area contributed by atoms with Crippen molar-refractivity contribution in [2.24, 2.45) is 5.92 Å². The van der Waals surface area contributed by atoms with E-state index in [1.165, 1.54) is 71.1 Å². The van der Waals surface area contributed by atoms with E-state index in [0.717, 1.165) is 24.0 Å². The Morgan fingerprint density at radius 2 is 1.70 bits per heavy atom. The smallest absolute Gasteiger partial charge is 0.0111 e. The molecule has 3 rings (SSSR count). The average molecular weight is 279 g/mol. The maximum absolute atomic E-state index is 3.88. The van der Waals surface area contributed by atoms with Crippen LogP contribution >= 0.6 is 0 Å². The Kier molecular flexibility index (Phi) is 5.00. The summed E-state index contributed by atoms with van der Waals surface area (Å²) < 4.78 is 0. The minimum absolute atomic E-state index is 0.785. The van der Waals surface area contributed by atoms with Crippen molar-refractivity contribution in [2.75, 3.05) is 33.2 Å². The molecule has 0 aromatic heterocycles. The van der Waals surface area contributed by atoms with Gasteiger partial charge in [-0.2, -0.15) is 0 Å². The van der Waals surface area contributed by atoms with Gasteiger partial charge in [0.25, 0.3) is 0 Å². The van der Waals surface area contributed by atoms with Gasteiger partial charge >= 0.3 is 0 Å². The van der Waals surface area contributed by atoms with E-state index in [0.29, 0.717) is 0 Å². The van der Waals surface area contributed by atoms with Gasteiger partial charge in [-0.3, -0.25) is 0 Å². The second-order valence-corrected chi connectivity index (χ2v) is 7.59. The fourth-order valence-electron chi connectivity index (χ4n) is 4.59. The first kappa shape index (κ1) is 14.8. The summed E-state index contributed by atoms with van der Waals surface area (Å²) >= 11 is 0. The third-order valence-corrected chi connectivity index (χ3v) is 5.87. The lowest BCUT2D eigenvalue weighted by Crippen LogP contribution is -2.48. The largest absolute Gasteiger partial charge is 0.314 e. The van der Waals surface area contributed by atoms with E-state index in [1.807, 2.05) is 0 Å². The van der Waals surface area contributed by atoms with Gasteiger partial charge in [0.1, 0.15) is 0 Å². The molecule has 3 fully saturated rings. The van der Waals surface area contributed by atoms with Crippen molar-refractivity contribution in [1.82, 2.24) is 15.1 Å². The van der Waals surface area contributed by atoms with Crippen LogP contribution in [-0.2, 0) is 0 Å². The molecule has 0 saturated carbocycles. The van der Waals surface area contributed by atoms with Crippen LogP contribution < -0.4 is 5.32 Å². The number of nitrogens with one attached hydrogen (secondary N) is 1. The van der Waals surface area contributed by atoms with Gasteiger partial charge in [-0.1, -0.05) is 13.3 Å². The molecule has 1 N–H and O–H groups in total. The number of hydrogen-bond donors (Lipinski definition) is 1. The lowest BCUT2D eigenvalue weighted by molar-refractivity contribution is 0.142. The molecule has 0 radical (unpaired) electrons. The summed E-state index contributed by atoms with van der Waals surface area (Å²) in [6.45, 7) is 7.60. The molecule has 3 aliphatic rings. The first-order valence-electron chi connectivity index (χ1n) is 8.90.